The van der Waals surface area contributed by atoms with E-state index >= 15 is 0 Å². The van der Waals surface area contributed by atoms with E-state index in [4.69, 9.17) is 11.6 Å². The number of piperidine rings is 2. The lowest BCUT2D eigenvalue weighted by Gasteiger charge is -2.46. The zero-order valence-corrected chi connectivity index (χ0v) is 19.7. The van der Waals surface area contributed by atoms with Crippen molar-refractivity contribution in [2.24, 2.45) is 11.8 Å². The molecule has 3 atom stereocenters. The van der Waals surface area contributed by atoms with Crippen LogP contribution in [0.4, 0.5) is 0 Å². The quantitative estimate of drug-likeness (QED) is 0.677. The zero-order valence-electron chi connectivity index (χ0n) is 18.9. The smallest absolute Gasteiger partial charge is 0.271 e. The van der Waals surface area contributed by atoms with Crippen molar-refractivity contribution >= 4 is 23.4 Å². The van der Waals surface area contributed by atoms with E-state index in [-0.39, 0.29) is 5.91 Å². The molecule has 3 aliphatic heterocycles. The molecule has 0 radical (unpaired) electrons. The van der Waals surface area contributed by atoms with E-state index in [9.17, 15) is 9.59 Å². The maximum Gasteiger partial charge on any atom is 0.271 e. The molecule has 0 saturated carbocycles. The summed E-state index contributed by atoms with van der Waals surface area (Å²) in [4.78, 5) is 29.6. The summed E-state index contributed by atoms with van der Waals surface area (Å²) in [5.41, 5.74) is 2.01. The van der Waals surface area contributed by atoms with Gasteiger partial charge in [0, 0.05) is 44.2 Å². The van der Waals surface area contributed by atoms with Crippen molar-refractivity contribution in [2.45, 2.75) is 44.6 Å². The van der Waals surface area contributed by atoms with Crippen molar-refractivity contribution in [3.8, 4) is 11.3 Å². The fourth-order valence-corrected chi connectivity index (χ4v) is 5.91. The largest absolute Gasteiger partial charge is 0.343 e. The predicted molar refractivity (Wildman–Crippen MR) is 128 cm³/mol. The highest BCUT2D eigenvalue weighted by molar-refractivity contribution is 6.33. The van der Waals surface area contributed by atoms with E-state index in [1.807, 2.05) is 34.1 Å². The minimum atomic E-state index is 0.000338. The van der Waals surface area contributed by atoms with Crippen LogP contribution in [0.2, 0.25) is 5.02 Å². The van der Waals surface area contributed by atoms with Crippen molar-refractivity contribution in [2.75, 3.05) is 32.7 Å². The minimum Gasteiger partial charge on any atom is -0.343 e. The van der Waals surface area contributed by atoms with Gasteiger partial charge in [-0.3, -0.25) is 14.7 Å². The van der Waals surface area contributed by atoms with Crippen LogP contribution in [0, 0.1) is 11.8 Å². The van der Waals surface area contributed by atoms with Crippen molar-refractivity contribution in [1.82, 2.24) is 25.3 Å². The van der Waals surface area contributed by atoms with E-state index in [2.05, 4.69) is 15.5 Å². The molecule has 8 heteroatoms. The van der Waals surface area contributed by atoms with Gasteiger partial charge in [0.2, 0.25) is 5.91 Å². The number of amides is 2. The number of benzene rings is 1. The first kappa shape index (κ1) is 22.4. The number of hydrogen-bond donors (Lipinski definition) is 2. The van der Waals surface area contributed by atoms with Crippen LogP contribution in [0.1, 0.15) is 49.0 Å². The number of nitrogens with one attached hydrogen (secondary N) is 2. The second-order valence-corrected chi connectivity index (χ2v) is 10.1. The van der Waals surface area contributed by atoms with Gasteiger partial charge in [0.05, 0.1) is 10.7 Å². The predicted octanol–water partition coefficient (Wildman–Crippen LogP) is 3.57. The Bertz CT molecular complexity index is 1000. The number of carbonyl (C=O) groups is 2. The van der Waals surface area contributed by atoms with Gasteiger partial charge in [-0.1, -0.05) is 29.8 Å². The van der Waals surface area contributed by atoms with Gasteiger partial charge in [-0.2, -0.15) is 5.10 Å². The molecule has 3 fully saturated rings. The number of likely N-dealkylation sites (tertiary alicyclic amines) is 2. The third-order valence-corrected chi connectivity index (χ3v) is 7.75. The summed E-state index contributed by atoms with van der Waals surface area (Å²) < 4.78 is 0. The van der Waals surface area contributed by atoms with Gasteiger partial charge in [-0.15, -0.1) is 0 Å². The summed E-state index contributed by atoms with van der Waals surface area (Å²) in [7, 11) is 0. The van der Waals surface area contributed by atoms with Crippen LogP contribution in [0.5, 0.6) is 0 Å². The summed E-state index contributed by atoms with van der Waals surface area (Å²) in [6.45, 7) is 4.29. The maximum atomic E-state index is 13.3. The Labute approximate surface area is 199 Å². The van der Waals surface area contributed by atoms with Crippen LogP contribution in [0.3, 0.4) is 0 Å². The maximum absolute atomic E-state index is 13.3. The SMILES string of the molecule is O=C(CCC[C@H]1NC[C@@H]2C[C@@H]1CN(C(=O)c1cc(-c3ccccc3Cl)n[nH]1)C2)N1CCCC1. The molecule has 2 N–H and O–H groups in total. The van der Waals surface area contributed by atoms with Crippen LogP contribution in [-0.2, 0) is 4.79 Å². The molecule has 176 valence electrons. The van der Waals surface area contributed by atoms with E-state index in [0.29, 0.717) is 46.6 Å². The molecule has 1 aromatic heterocycles. The molecule has 5 rings (SSSR count). The first-order valence-corrected chi connectivity index (χ1v) is 12.6. The number of halogens is 1. The molecule has 3 saturated heterocycles. The third kappa shape index (κ3) is 4.94. The fourth-order valence-electron chi connectivity index (χ4n) is 5.68. The summed E-state index contributed by atoms with van der Waals surface area (Å²) in [5.74, 6) is 1.20. The van der Waals surface area contributed by atoms with Crippen molar-refractivity contribution in [3.05, 3.63) is 41.0 Å². The van der Waals surface area contributed by atoms with Crippen LogP contribution >= 0.6 is 11.6 Å². The normalized spacial score (nSPS) is 24.8. The number of carbonyl (C=O) groups excluding carboxylic acids is 2. The van der Waals surface area contributed by atoms with Crippen molar-refractivity contribution < 1.29 is 9.59 Å². The molecule has 2 amide bonds. The monoisotopic (exact) mass is 469 g/mol. The number of aromatic nitrogens is 2. The van der Waals surface area contributed by atoms with Gasteiger partial charge in [-0.05, 0) is 62.6 Å². The van der Waals surface area contributed by atoms with Gasteiger partial charge in [0.25, 0.3) is 5.91 Å². The van der Waals surface area contributed by atoms with Gasteiger partial charge in [-0.25, -0.2) is 0 Å². The molecular formula is C25H32ClN5O2. The first-order chi connectivity index (χ1) is 16.1. The van der Waals surface area contributed by atoms with Crippen LogP contribution < -0.4 is 5.32 Å². The highest BCUT2D eigenvalue weighted by atomic mass is 35.5. The Morgan fingerprint density at radius 1 is 1.12 bits per heavy atom. The number of aromatic amines is 1. The fraction of sp³-hybridized carbons (Fsp3) is 0.560. The first-order valence-electron chi connectivity index (χ1n) is 12.2. The molecular weight excluding hydrogens is 438 g/mol. The molecule has 3 aliphatic rings. The number of nitrogens with zero attached hydrogens (tertiary/aromatic N) is 3. The molecule has 0 aliphatic carbocycles. The average molecular weight is 470 g/mol. The molecule has 2 aromatic rings. The number of hydrogen-bond acceptors (Lipinski definition) is 4. The highest BCUT2D eigenvalue weighted by Gasteiger charge is 2.38. The lowest BCUT2D eigenvalue weighted by Crippen LogP contribution is -2.57. The third-order valence-electron chi connectivity index (χ3n) is 7.42. The Morgan fingerprint density at radius 2 is 1.94 bits per heavy atom. The lowest BCUT2D eigenvalue weighted by atomic mass is 9.79. The average Bonchev–Trinajstić information content (AvgIpc) is 3.53. The molecule has 2 bridgehead atoms. The summed E-state index contributed by atoms with van der Waals surface area (Å²) in [6.07, 6.45) is 5.95. The molecule has 0 spiro atoms. The Morgan fingerprint density at radius 3 is 2.76 bits per heavy atom. The Balaban J connectivity index is 1.18. The summed E-state index contributed by atoms with van der Waals surface area (Å²) >= 11 is 6.30. The molecule has 1 aromatic carbocycles. The highest BCUT2D eigenvalue weighted by Crippen LogP contribution is 2.32. The van der Waals surface area contributed by atoms with Gasteiger partial charge >= 0.3 is 0 Å². The number of H-pyrrole nitrogens is 1. The van der Waals surface area contributed by atoms with Gasteiger partial charge in [0.1, 0.15) is 5.69 Å². The van der Waals surface area contributed by atoms with Crippen molar-refractivity contribution in [1.29, 1.82) is 0 Å². The van der Waals surface area contributed by atoms with E-state index in [1.165, 1.54) is 0 Å². The molecule has 4 heterocycles. The van der Waals surface area contributed by atoms with E-state index in [1.54, 1.807) is 6.07 Å². The molecule has 7 nitrogen and oxygen atoms in total. The van der Waals surface area contributed by atoms with E-state index in [0.717, 1.165) is 70.4 Å². The number of rotatable bonds is 6. The lowest BCUT2D eigenvalue weighted by molar-refractivity contribution is -0.130. The number of fused-ring (bicyclic) bond motifs is 2. The summed E-state index contributed by atoms with van der Waals surface area (Å²) in [5, 5.41) is 11.6. The molecule has 33 heavy (non-hydrogen) atoms. The minimum absolute atomic E-state index is 0.000338. The molecule has 0 unspecified atom stereocenters. The zero-order chi connectivity index (χ0) is 22.8. The van der Waals surface area contributed by atoms with Gasteiger partial charge in [0.15, 0.2) is 0 Å². The van der Waals surface area contributed by atoms with Crippen molar-refractivity contribution in [3.63, 3.8) is 0 Å². The second-order valence-electron chi connectivity index (χ2n) is 9.71. The van der Waals surface area contributed by atoms with E-state index < -0.39 is 0 Å². The van der Waals surface area contributed by atoms with Crippen LogP contribution in [0.25, 0.3) is 11.3 Å². The Hall–Kier alpha value is -2.38. The Kier molecular flexibility index (Phi) is 6.69. The topological polar surface area (TPSA) is 81.3 Å². The van der Waals surface area contributed by atoms with Crippen LogP contribution in [0.15, 0.2) is 30.3 Å². The summed E-state index contributed by atoms with van der Waals surface area (Å²) in [6, 6.07) is 9.68. The standard InChI is InChI=1S/C25H32ClN5O2/c26-20-7-2-1-6-19(20)22-13-23(29-28-22)25(33)31-15-17-12-18(16-31)21(27-14-17)8-5-9-24(32)30-10-3-4-11-30/h1-2,6-7,13,17-18,21,27H,3-5,8-12,14-16H2,(H,28,29)/t17-,18+,21+/m0/s1. The van der Waals surface area contributed by atoms with Crippen LogP contribution in [-0.4, -0.2) is 70.6 Å². The van der Waals surface area contributed by atoms with Gasteiger partial charge < -0.3 is 15.1 Å². The second kappa shape index (κ2) is 9.85.